The number of rotatable bonds is 2. The normalized spacial score (nSPS) is 12.5. The Bertz CT molecular complexity index is 1780. The largest absolute Gasteiger partial charge is 2.00 e. The van der Waals surface area contributed by atoms with Gasteiger partial charge in [0.15, 0.2) is 0 Å². The number of hydrogen-bond donors (Lipinski definition) is 3. The molecule has 1 radical (unpaired) electrons. The SMILES string of the molecule is O=S(=O)(O)c1ccc(-c2cc3cc4nc(cc5ccc(cc6nc(cc2[nH]3)C=C6)[nH]5)C=C4)cc1.[Mn+2]. The fourth-order valence-electron chi connectivity index (χ4n) is 4.06. The van der Waals surface area contributed by atoms with Crippen molar-refractivity contribution in [3.8, 4) is 11.1 Å². The zero-order chi connectivity index (χ0) is 23.3. The van der Waals surface area contributed by atoms with Crippen LogP contribution in [0, 0.1) is 0 Å². The van der Waals surface area contributed by atoms with Crippen molar-refractivity contribution in [1.82, 2.24) is 19.9 Å². The average Bonchev–Trinajstić information content (AvgIpc) is 3.58. The van der Waals surface area contributed by atoms with Crippen molar-refractivity contribution in [3.63, 3.8) is 0 Å². The van der Waals surface area contributed by atoms with Crippen LogP contribution in [0.2, 0.25) is 0 Å². The van der Waals surface area contributed by atoms with Gasteiger partial charge in [-0.15, -0.1) is 0 Å². The Morgan fingerprint density at radius 3 is 1.69 bits per heavy atom. The number of H-pyrrole nitrogens is 2. The van der Waals surface area contributed by atoms with Crippen LogP contribution in [-0.2, 0) is 27.2 Å². The third-order valence-corrected chi connectivity index (χ3v) is 6.50. The monoisotopic (exact) mass is 521 g/mol. The molecule has 0 amide bonds. The molecule has 6 rings (SSSR count). The van der Waals surface area contributed by atoms with E-state index in [1.54, 1.807) is 12.1 Å². The molecule has 2 aliphatic heterocycles. The minimum absolute atomic E-state index is 0. The van der Waals surface area contributed by atoms with Crippen molar-refractivity contribution < 1.29 is 30.0 Å². The van der Waals surface area contributed by atoms with Gasteiger partial charge < -0.3 is 9.97 Å². The van der Waals surface area contributed by atoms with E-state index in [2.05, 4.69) is 15.0 Å². The topological polar surface area (TPSA) is 112 Å². The maximum absolute atomic E-state index is 11.4. The summed E-state index contributed by atoms with van der Waals surface area (Å²) >= 11 is 0. The van der Waals surface area contributed by atoms with Crippen LogP contribution in [-0.4, -0.2) is 32.9 Å². The molecule has 0 spiro atoms. The molecule has 0 unspecified atom stereocenters. The Morgan fingerprint density at radius 2 is 1.14 bits per heavy atom. The van der Waals surface area contributed by atoms with Gasteiger partial charge in [0.05, 0.1) is 27.7 Å². The number of aromatic nitrogens is 4. The van der Waals surface area contributed by atoms with Gasteiger partial charge >= 0.3 is 17.1 Å². The molecule has 0 atom stereocenters. The van der Waals surface area contributed by atoms with Gasteiger partial charge in [0.25, 0.3) is 10.1 Å². The van der Waals surface area contributed by atoms with Crippen molar-refractivity contribution in [3.05, 3.63) is 89.5 Å². The predicted octanol–water partition coefficient (Wildman–Crippen LogP) is 5.57. The summed E-state index contributed by atoms with van der Waals surface area (Å²) in [6.07, 6.45) is 7.81. The van der Waals surface area contributed by atoms with E-state index in [-0.39, 0.29) is 22.0 Å². The quantitative estimate of drug-likeness (QED) is 0.204. The third kappa shape index (κ3) is 4.76. The van der Waals surface area contributed by atoms with Crippen LogP contribution >= 0.6 is 0 Å². The van der Waals surface area contributed by atoms with E-state index in [1.807, 2.05) is 66.8 Å². The molecule has 3 aromatic heterocycles. The molecule has 2 aliphatic rings. The second-order valence-electron chi connectivity index (χ2n) is 8.09. The van der Waals surface area contributed by atoms with Gasteiger partial charge in [-0.25, -0.2) is 9.97 Å². The molecule has 0 saturated carbocycles. The van der Waals surface area contributed by atoms with E-state index in [4.69, 9.17) is 4.98 Å². The van der Waals surface area contributed by atoms with E-state index >= 15 is 0 Å². The summed E-state index contributed by atoms with van der Waals surface area (Å²) in [4.78, 5) is 16.0. The molecule has 4 aromatic rings. The number of aromatic amines is 2. The predicted molar refractivity (Wildman–Crippen MR) is 134 cm³/mol. The molecule has 171 valence electrons. The van der Waals surface area contributed by atoms with E-state index in [1.165, 1.54) is 12.1 Å². The van der Waals surface area contributed by atoms with E-state index in [0.29, 0.717) is 0 Å². The average molecular weight is 521 g/mol. The molecule has 8 bridgehead atoms. The Labute approximate surface area is 211 Å². The Hall–Kier alpha value is -3.75. The fraction of sp³-hybridized carbons (Fsp3) is 0. The van der Waals surface area contributed by atoms with E-state index < -0.39 is 10.1 Å². The first-order valence-electron chi connectivity index (χ1n) is 10.6. The molecule has 1 aromatic carbocycles. The number of hydrogen-bond acceptors (Lipinski definition) is 4. The molecule has 7 nitrogen and oxygen atoms in total. The maximum Gasteiger partial charge on any atom is 2.00 e. The molecule has 0 fully saturated rings. The van der Waals surface area contributed by atoms with Gasteiger partial charge in [-0.2, -0.15) is 8.42 Å². The number of benzene rings is 1. The van der Waals surface area contributed by atoms with Gasteiger partial charge in [-0.05, 0) is 84.5 Å². The van der Waals surface area contributed by atoms with Crippen molar-refractivity contribution in [2.75, 3.05) is 0 Å². The Kier molecular flexibility index (Phi) is 5.78. The summed E-state index contributed by atoms with van der Waals surface area (Å²) in [5.41, 5.74) is 8.52. The van der Waals surface area contributed by atoms with Crippen LogP contribution in [0.4, 0.5) is 0 Å². The summed E-state index contributed by atoms with van der Waals surface area (Å²) < 4.78 is 32.2. The minimum atomic E-state index is -4.26. The second-order valence-corrected chi connectivity index (χ2v) is 9.51. The summed E-state index contributed by atoms with van der Waals surface area (Å²) in [5, 5.41) is 0. The minimum Gasteiger partial charge on any atom is -0.355 e. The fourth-order valence-corrected chi connectivity index (χ4v) is 4.54. The first-order chi connectivity index (χ1) is 16.4. The number of nitrogens with zero attached hydrogens (tertiary/aromatic N) is 2. The standard InChI is InChI=1S/C26H18N4O3S.Mn/c31-34(32,33)24-9-1-16(2-10-24)25-14-23-13-21-6-5-19(28-21)11-17-3-4-18(27-17)12-20-7-8-22(29-20)15-26(25)30-23;/h1-15,27,30H,(H,31,32,33);/q;+2. The van der Waals surface area contributed by atoms with Crippen molar-refractivity contribution >= 4 is 56.5 Å². The van der Waals surface area contributed by atoms with E-state index in [9.17, 15) is 13.0 Å². The zero-order valence-corrected chi connectivity index (χ0v) is 20.1. The summed E-state index contributed by atoms with van der Waals surface area (Å²) in [6, 6.07) is 20.0. The summed E-state index contributed by atoms with van der Waals surface area (Å²) in [7, 11) is -4.26. The van der Waals surface area contributed by atoms with Crippen LogP contribution in [0.1, 0.15) is 22.8 Å². The maximum atomic E-state index is 11.4. The summed E-state index contributed by atoms with van der Waals surface area (Å²) in [6.45, 7) is 0. The van der Waals surface area contributed by atoms with Crippen molar-refractivity contribution in [2.45, 2.75) is 4.90 Å². The molecular formula is C26H18MnN4O3S+2. The Balaban J connectivity index is 0.00000253. The molecule has 3 N–H and O–H groups in total. The molecule has 0 saturated heterocycles. The van der Waals surface area contributed by atoms with Crippen LogP contribution < -0.4 is 0 Å². The van der Waals surface area contributed by atoms with Gasteiger partial charge in [0, 0.05) is 27.6 Å². The third-order valence-electron chi connectivity index (χ3n) is 5.63. The zero-order valence-electron chi connectivity index (χ0n) is 18.1. The molecule has 5 heterocycles. The van der Waals surface area contributed by atoms with Crippen LogP contribution in [0.25, 0.3) is 57.5 Å². The first kappa shape index (κ1) is 23.0. The van der Waals surface area contributed by atoms with Crippen molar-refractivity contribution in [2.24, 2.45) is 0 Å². The first-order valence-corrected chi connectivity index (χ1v) is 12.0. The van der Waals surface area contributed by atoms with Gasteiger partial charge in [-0.1, -0.05) is 12.1 Å². The van der Waals surface area contributed by atoms with Crippen LogP contribution in [0.5, 0.6) is 0 Å². The number of nitrogens with one attached hydrogen (secondary N) is 2. The van der Waals surface area contributed by atoms with Crippen LogP contribution in [0.3, 0.4) is 0 Å². The Morgan fingerprint density at radius 1 is 0.629 bits per heavy atom. The second kappa shape index (κ2) is 8.79. The smallest absolute Gasteiger partial charge is 0.355 e. The van der Waals surface area contributed by atoms with Gasteiger partial charge in [-0.3, -0.25) is 4.55 Å². The molecular weight excluding hydrogens is 503 g/mol. The van der Waals surface area contributed by atoms with Gasteiger partial charge in [0.1, 0.15) is 0 Å². The molecule has 9 heteroatoms. The molecule has 35 heavy (non-hydrogen) atoms. The van der Waals surface area contributed by atoms with Crippen molar-refractivity contribution in [1.29, 1.82) is 0 Å². The number of fused-ring (bicyclic) bond motifs is 8. The van der Waals surface area contributed by atoms with Crippen LogP contribution in [0.15, 0.2) is 71.6 Å². The van der Waals surface area contributed by atoms with Gasteiger partial charge in [0.2, 0.25) is 0 Å². The van der Waals surface area contributed by atoms with E-state index in [0.717, 1.165) is 56.0 Å². The molecule has 0 aliphatic carbocycles. The summed E-state index contributed by atoms with van der Waals surface area (Å²) in [5.74, 6) is 0.